The fraction of sp³-hybridized carbons (Fsp3) is 0.133. The summed E-state index contributed by atoms with van der Waals surface area (Å²) >= 11 is 1.67. The molecular formula is C15H16N2OS. The zero-order valence-electron chi connectivity index (χ0n) is 10.7. The van der Waals surface area contributed by atoms with Gasteiger partial charge in [0.05, 0.1) is 0 Å². The third kappa shape index (κ3) is 3.51. The Morgan fingerprint density at radius 1 is 1.16 bits per heavy atom. The summed E-state index contributed by atoms with van der Waals surface area (Å²) in [4.78, 5) is 1.13. The normalized spacial score (nSPS) is 10.2. The highest BCUT2D eigenvalue weighted by atomic mass is 32.2. The molecule has 0 spiro atoms. The molecule has 0 aliphatic heterocycles. The number of nitrogens with two attached hydrogens (primary N) is 1. The van der Waals surface area contributed by atoms with Crippen LogP contribution < -0.4 is 10.5 Å². The van der Waals surface area contributed by atoms with Crippen molar-refractivity contribution in [2.45, 2.75) is 11.5 Å². The van der Waals surface area contributed by atoms with Gasteiger partial charge in [0, 0.05) is 10.5 Å². The van der Waals surface area contributed by atoms with Crippen LogP contribution in [0, 0.1) is 5.41 Å². The standard InChI is InChI=1S/C15H16N2OS/c1-19-14-5-3-2-4-13(14)18-10-11-6-8-12(9-7-11)15(16)17/h2-9H,10H2,1H3,(H3,16,17). The Balaban J connectivity index is 2.04. The van der Waals surface area contributed by atoms with Gasteiger partial charge in [-0.1, -0.05) is 36.4 Å². The second-order valence-electron chi connectivity index (χ2n) is 4.05. The largest absolute Gasteiger partial charge is 0.488 e. The highest BCUT2D eigenvalue weighted by molar-refractivity contribution is 7.98. The minimum Gasteiger partial charge on any atom is -0.488 e. The molecule has 0 heterocycles. The van der Waals surface area contributed by atoms with Crippen molar-refractivity contribution in [2.75, 3.05) is 6.26 Å². The number of rotatable bonds is 5. The molecule has 98 valence electrons. The van der Waals surface area contributed by atoms with Gasteiger partial charge in [-0.25, -0.2) is 0 Å². The molecule has 0 amide bonds. The first-order valence-electron chi connectivity index (χ1n) is 5.90. The number of para-hydroxylation sites is 1. The molecule has 2 rings (SSSR count). The van der Waals surface area contributed by atoms with Crippen LogP contribution in [0.5, 0.6) is 5.75 Å². The Morgan fingerprint density at radius 2 is 1.84 bits per heavy atom. The van der Waals surface area contributed by atoms with Gasteiger partial charge in [-0.2, -0.15) is 0 Å². The van der Waals surface area contributed by atoms with Crippen LogP contribution in [-0.2, 0) is 6.61 Å². The zero-order valence-corrected chi connectivity index (χ0v) is 11.5. The number of benzene rings is 2. The maximum absolute atomic E-state index is 7.34. The summed E-state index contributed by atoms with van der Waals surface area (Å²) in [5.74, 6) is 0.978. The number of hydrogen-bond acceptors (Lipinski definition) is 3. The smallest absolute Gasteiger partial charge is 0.133 e. The minimum atomic E-state index is 0.0835. The van der Waals surface area contributed by atoms with Crippen LogP contribution in [0.2, 0.25) is 0 Å². The Bertz CT molecular complexity index is 567. The molecular weight excluding hydrogens is 256 g/mol. The van der Waals surface area contributed by atoms with Crippen LogP contribution in [-0.4, -0.2) is 12.1 Å². The summed E-state index contributed by atoms with van der Waals surface area (Å²) in [6, 6.07) is 15.5. The number of nitrogen functional groups attached to an aromatic ring is 1. The van der Waals surface area contributed by atoms with E-state index in [0.717, 1.165) is 21.8 Å². The first-order valence-corrected chi connectivity index (χ1v) is 7.12. The van der Waals surface area contributed by atoms with Crippen LogP contribution in [0.1, 0.15) is 11.1 Å². The van der Waals surface area contributed by atoms with Crippen molar-refractivity contribution in [1.82, 2.24) is 0 Å². The summed E-state index contributed by atoms with van der Waals surface area (Å²) in [5.41, 5.74) is 7.20. The van der Waals surface area contributed by atoms with Crippen molar-refractivity contribution in [1.29, 1.82) is 5.41 Å². The van der Waals surface area contributed by atoms with Gasteiger partial charge in [0.2, 0.25) is 0 Å². The van der Waals surface area contributed by atoms with E-state index in [9.17, 15) is 0 Å². The number of amidine groups is 1. The van der Waals surface area contributed by atoms with E-state index < -0.39 is 0 Å². The lowest BCUT2D eigenvalue weighted by molar-refractivity contribution is 0.299. The molecule has 0 bridgehead atoms. The molecule has 19 heavy (non-hydrogen) atoms. The van der Waals surface area contributed by atoms with Gasteiger partial charge in [-0.05, 0) is 24.0 Å². The average Bonchev–Trinajstić information content (AvgIpc) is 2.45. The Kier molecular flexibility index (Phi) is 4.47. The third-order valence-corrected chi connectivity index (χ3v) is 3.51. The molecule has 0 atom stereocenters. The second kappa shape index (κ2) is 6.29. The monoisotopic (exact) mass is 272 g/mol. The van der Waals surface area contributed by atoms with E-state index in [-0.39, 0.29) is 5.84 Å². The highest BCUT2D eigenvalue weighted by Crippen LogP contribution is 2.27. The van der Waals surface area contributed by atoms with Gasteiger partial charge in [-0.15, -0.1) is 11.8 Å². The van der Waals surface area contributed by atoms with Crippen molar-refractivity contribution in [3.8, 4) is 5.75 Å². The van der Waals surface area contributed by atoms with Crippen LogP contribution in [0.3, 0.4) is 0 Å². The Labute approximate surface area is 117 Å². The first-order chi connectivity index (χ1) is 9.20. The molecule has 0 aliphatic rings. The molecule has 2 aromatic rings. The summed E-state index contributed by atoms with van der Waals surface area (Å²) in [5, 5.41) is 7.34. The van der Waals surface area contributed by atoms with E-state index >= 15 is 0 Å². The van der Waals surface area contributed by atoms with Gasteiger partial charge in [0.1, 0.15) is 18.2 Å². The van der Waals surface area contributed by atoms with Crippen molar-refractivity contribution < 1.29 is 4.74 Å². The van der Waals surface area contributed by atoms with E-state index in [1.54, 1.807) is 11.8 Å². The molecule has 3 nitrogen and oxygen atoms in total. The van der Waals surface area contributed by atoms with Crippen LogP contribution in [0.25, 0.3) is 0 Å². The predicted octanol–water partition coefficient (Wildman–Crippen LogP) is 3.27. The van der Waals surface area contributed by atoms with Crippen molar-refractivity contribution in [3.05, 3.63) is 59.7 Å². The van der Waals surface area contributed by atoms with E-state index in [0.29, 0.717) is 6.61 Å². The zero-order chi connectivity index (χ0) is 13.7. The quantitative estimate of drug-likeness (QED) is 0.499. The van der Waals surface area contributed by atoms with Gasteiger partial charge < -0.3 is 10.5 Å². The lowest BCUT2D eigenvalue weighted by atomic mass is 10.1. The summed E-state index contributed by atoms with van der Waals surface area (Å²) in [6.07, 6.45) is 2.03. The van der Waals surface area contributed by atoms with Crippen LogP contribution >= 0.6 is 11.8 Å². The van der Waals surface area contributed by atoms with Gasteiger partial charge in [0.25, 0.3) is 0 Å². The molecule has 0 fully saturated rings. The SMILES string of the molecule is CSc1ccccc1OCc1ccc(C(=N)N)cc1. The Morgan fingerprint density at radius 3 is 2.47 bits per heavy atom. The molecule has 0 saturated carbocycles. The maximum Gasteiger partial charge on any atom is 0.133 e. The maximum atomic E-state index is 7.34. The topological polar surface area (TPSA) is 59.1 Å². The molecule has 0 unspecified atom stereocenters. The van der Waals surface area contributed by atoms with Crippen LogP contribution in [0.15, 0.2) is 53.4 Å². The van der Waals surface area contributed by atoms with Gasteiger partial charge >= 0.3 is 0 Å². The molecule has 0 aliphatic carbocycles. The lowest BCUT2D eigenvalue weighted by Gasteiger charge is -2.10. The summed E-state index contributed by atoms with van der Waals surface area (Å²) < 4.78 is 5.81. The number of hydrogen-bond donors (Lipinski definition) is 2. The van der Waals surface area contributed by atoms with Crippen LogP contribution in [0.4, 0.5) is 0 Å². The van der Waals surface area contributed by atoms with E-state index in [1.807, 2.05) is 54.8 Å². The lowest BCUT2D eigenvalue weighted by Crippen LogP contribution is -2.10. The highest BCUT2D eigenvalue weighted by Gasteiger charge is 2.02. The Hall–Kier alpha value is -1.94. The molecule has 0 radical (unpaired) electrons. The van der Waals surface area contributed by atoms with Gasteiger partial charge in [-0.3, -0.25) is 5.41 Å². The molecule has 0 saturated heterocycles. The van der Waals surface area contributed by atoms with E-state index in [1.165, 1.54) is 0 Å². The molecule has 3 N–H and O–H groups in total. The van der Waals surface area contributed by atoms with Crippen molar-refractivity contribution >= 4 is 17.6 Å². The molecule has 0 aromatic heterocycles. The summed E-state index contributed by atoms with van der Waals surface area (Å²) in [6.45, 7) is 0.510. The average molecular weight is 272 g/mol. The van der Waals surface area contributed by atoms with E-state index in [2.05, 4.69) is 0 Å². The molecule has 2 aromatic carbocycles. The van der Waals surface area contributed by atoms with E-state index in [4.69, 9.17) is 15.9 Å². The fourth-order valence-corrected chi connectivity index (χ4v) is 2.22. The predicted molar refractivity (Wildman–Crippen MR) is 80.0 cm³/mol. The first kappa shape index (κ1) is 13.5. The number of nitrogens with one attached hydrogen (secondary N) is 1. The summed E-state index contributed by atoms with van der Waals surface area (Å²) in [7, 11) is 0. The number of thioether (sulfide) groups is 1. The fourth-order valence-electron chi connectivity index (χ4n) is 1.68. The minimum absolute atomic E-state index is 0.0835. The molecule has 4 heteroatoms. The number of ether oxygens (including phenoxy) is 1. The van der Waals surface area contributed by atoms with Crippen molar-refractivity contribution in [2.24, 2.45) is 5.73 Å². The van der Waals surface area contributed by atoms with Gasteiger partial charge in [0.15, 0.2) is 0 Å². The second-order valence-corrected chi connectivity index (χ2v) is 4.90. The van der Waals surface area contributed by atoms with Crippen molar-refractivity contribution in [3.63, 3.8) is 0 Å². The third-order valence-electron chi connectivity index (χ3n) is 2.73.